The number of nitrogens with zero attached hydrogens (tertiary/aromatic N) is 3. The summed E-state index contributed by atoms with van der Waals surface area (Å²) in [5.41, 5.74) is 5.47. The van der Waals surface area contributed by atoms with Gasteiger partial charge in [-0.05, 0) is 19.8 Å². The van der Waals surface area contributed by atoms with E-state index in [1.807, 2.05) is 11.8 Å². The van der Waals surface area contributed by atoms with E-state index in [-0.39, 0.29) is 17.3 Å². The molecule has 0 unspecified atom stereocenters. The Balaban J connectivity index is 2.15. The lowest BCUT2D eigenvalue weighted by atomic mass is 9.96. The van der Waals surface area contributed by atoms with Gasteiger partial charge in [-0.1, -0.05) is 0 Å². The minimum atomic E-state index is -0.0405. The number of nitrogens with one attached hydrogen (secondary N) is 1. The molecule has 0 aliphatic carbocycles. The highest BCUT2D eigenvalue weighted by Gasteiger charge is 2.23. The van der Waals surface area contributed by atoms with Gasteiger partial charge >= 0.3 is 0 Å². The van der Waals surface area contributed by atoms with Crippen LogP contribution in [0, 0.1) is 11.3 Å². The fourth-order valence-corrected chi connectivity index (χ4v) is 2.30. The molecule has 2 heterocycles. The second-order valence-corrected chi connectivity index (χ2v) is 4.56. The van der Waals surface area contributed by atoms with Gasteiger partial charge in [-0.25, -0.2) is 4.98 Å². The summed E-state index contributed by atoms with van der Waals surface area (Å²) in [5, 5.41) is 7.44. The molecule has 1 aromatic heterocycles. The predicted octanol–water partition coefficient (Wildman–Crippen LogP) is 0.416. The molecular formula is C12H19N5O. The topological polar surface area (TPSA) is 88.0 Å². The van der Waals surface area contributed by atoms with Crippen LogP contribution in [0.5, 0.6) is 0 Å². The Morgan fingerprint density at radius 1 is 1.56 bits per heavy atom. The quantitative estimate of drug-likeness (QED) is 0.600. The van der Waals surface area contributed by atoms with Crippen molar-refractivity contribution in [2.24, 2.45) is 11.7 Å². The molecule has 6 heteroatoms. The van der Waals surface area contributed by atoms with Crippen LogP contribution in [0.25, 0.3) is 0 Å². The Hall–Kier alpha value is -1.85. The average Bonchev–Trinajstić information content (AvgIpc) is 2.39. The SMILES string of the molecule is CCn1ccnc(N2CCC(C(=N)N)CC2)c1=O. The Morgan fingerprint density at radius 2 is 2.22 bits per heavy atom. The summed E-state index contributed by atoms with van der Waals surface area (Å²) in [5.74, 6) is 0.918. The van der Waals surface area contributed by atoms with Crippen molar-refractivity contribution in [1.82, 2.24) is 9.55 Å². The highest BCUT2D eigenvalue weighted by molar-refractivity contribution is 5.79. The van der Waals surface area contributed by atoms with E-state index in [9.17, 15) is 4.79 Å². The first-order valence-electron chi connectivity index (χ1n) is 6.27. The lowest BCUT2D eigenvalue weighted by Crippen LogP contribution is -2.41. The normalized spacial score (nSPS) is 16.8. The standard InChI is InChI=1S/C12H19N5O/c1-2-16-8-5-15-11(12(16)18)17-6-3-9(4-7-17)10(13)14/h5,8-9H,2-4,6-7H2,1H3,(H3,13,14). The molecule has 0 saturated carbocycles. The molecule has 1 aliphatic rings. The first-order valence-corrected chi connectivity index (χ1v) is 6.27. The van der Waals surface area contributed by atoms with Crippen LogP contribution in [-0.4, -0.2) is 28.5 Å². The van der Waals surface area contributed by atoms with Crippen LogP contribution in [0.1, 0.15) is 19.8 Å². The van der Waals surface area contributed by atoms with Gasteiger partial charge in [0.1, 0.15) is 0 Å². The number of piperidine rings is 1. The number of hydrogen-bond donors (Lipinski definition) is 2. The second-order valence-electron chi connectivity index (χ2n) is 4.56. The Labute approximate surface area is 106 Å². The predicted molar refractivity (Wildman–Crippen MR) is 71.0 cm³/mol. The summed E-state index contributed by atoms with van der Waals surface area (Å²) >= 11 is 0. The number of hydrogen-bond acceptors (Lipinski definition) is 4. The number of anilines is 1. The molecule has 0 radical (unpaired) electrons. The van der Waals surface area contributed by atoms with Gasteiger partial charge in [-0.15, -0.1) is 0 Å². The number of aryl methyl sites for hydroxylation is 1. The van der Waals surface area contributed by atoms with Crippen LogP contribution in [0.3, 0.4) is 0 Å². The molecule has 0 aromatic carbocycles. The van der Waals surface area contributed by atoms with Gasteiger partial charge in [0.25, 0.3) is 5.56 Å². The summed E-state index contributed by atoms with van der Waals surface area (Å²) in [7, 11) is 0. The number of aromatic nitrogens is 2. The molecule has 1 saturated heterocycles. The van der Waals surface area contributed by atoms with Gasteiger partial charge in [0.05, 0.1) is 5.84 Å². The van der Waals surface area contributed by atoms with E-state index in [0.717, 1.165) is 25.9 Å². The monoisotopic (exact) mass is 249 g/mol. The molecule has 0 spiro atoms. The maximum atomic E-state index is 12.1. The zero-order valence-electron chi connectivity index (χ0n) is 10.6. The average molecular weight is 249 g/mol. The van der Waals surface area contributed by atoms with Crippen molar-refractivity contribution in [2.75, 3.05) is 18.0 Å². The van der Waals surface area contributed by atoms with Crippen molar-refractivity contribution < 1.29 is 0 Å². The first kappa shape index (κ1) is 12.6. The maximum Gasteiger partial charge on any atom is 0.293 e. The van der Waals surface area contributed by atoms with Crippen molar-refractivity contribution in [3.05, 3.63) is 22.7 Å². The van der Waals surface area contributed by atoms with Gasteiger partial charge in [0.2, 0.25) is 0 Å². The van der Waals surface area contributed by atoms with Gasteiger partial charge in [0, 0.05) is 37.9 Å². The summed E-state index contributed by atoms with van der Waals surface area (Å²) < 4.78 is 1.65. The van der Waals surface area contributed by atoms with Crippen molar-refractivity contribution in [3.8, 4) is 0 Å². The molecule has 0 atom stereocenters. The van der Waals surface area contributed by atoms with Gasteiger partial charge < -0.3 is 15.2 Å². The molecule has 98 valence electrons. The van der Waals surface area contributed by atoms with Crippen molar-refractivity contribution >= 4 is 11.7 Å². The van der Waals surface area contributed by atoms with Gasteiger partial charge in [0.15, 0.2) is 5.82 Å². The molecule has 0 amide bonds. The van der Waals surface area contributed by atoms with Gasteiger partial charge in [-0.3, -0.25) is 10.2 Å². The Kier molecular flexibility index (Phi) is 3.64. The van der Waals surface area contributed by atoms with E-state index >= 15 is 0 Å². The van der Waals surface area contributed by atoms with E-state index in [2.05, 4.69) is 4.98 Å². The van der Waals surface area contributed by atoms with Crippen molar-refractivity contribution in [2.45, 2.75) is 26.3 Å². The minimum absolute atomic E-state index is 0.0405. The van der Waals surface area contributed by atoms with Crippen LogP contribution < -0.4 is 16.2 Å². The van der Waals surface area contributed by atoms with Crippen molar-refractivity contribution in [1.29, 1.82) is 5.41 Å². The molecule has 1 fully saturated rings. The fraction of sp³-hybridized carbons (Fsp3) is 0.583. The maximum absolute atomic E-state index is 12.1. The van der Waals surface area contributed by atoms with Crippen LogP contribution in [0.15, 0.2) is 17.2 Å². The largest absolute Gasteiger partial charge is 0.387 e. The van der Waals surface area contributed by atoms with Crippen LogP contribution >= 0.6 is 0 Å². The van der Waals surface area contributed by atoms with Crippen LogP contribution in [0.2, 0.25) is 0 Å². The van der Waals surface area contributed by atoms with E-state index in [1.165, 1.54) is 0 Å². The highest BCUT2D eigenvalue weighted by atomic mass is 16.1. The molecule has 3 N–H and O–H groups in total. The summed E-state index contributed by atoms with van der Waals surface area (Å²) in [4.78, 5) is 18.3. The molecular weight excluding hydrogens is 230 g/mol. The smallest absolute Gasteiger partial charge is 0.293 e. The van der Waals surface area contributed by atoms with E-state index in [4.69, 9.17) is 11.1 Å². The molecule has 6 nitrogen and oxygen atoms in total. The molecule has 1 aromatic rings. The minimum Gasteiger partial charge on any atom is -0.387 e. The van der Waals surface area contributed by atoms with E-state index < -0.39 is 0 Å². The molecule has 1 aliphatic heterocycles. The second kappa shape index (κ2) is 5.20. The molecule has 18 heavy (non-hydrogen) atoms. The molecule has 0 bridgehead atoms. The summed E-state index contributed by atoms with van der Waals surface area (Å²) in [6.45, 7) is 4.06. The molecule has 2 rings (SSSR count). The fourth-order valence-electron chi connectivity index (χ4n) is 2.30. The third-order valence-electron chi connectivity index (χ3n) is 3.47. The summed E-state index contributed by atoms with van der Waals surface area (Å²) in [6.07, 6.45) is 5.00. The lowest BCUT2D eigenvalue weighted by molar-refractivity contribution is 0.492. The van der Waals surface area contributed by atoms with Gasteiger partial charge in [-0.2, -0.15) is 0 Å². The lowest BCUT2D eigenvalue weighted by Gasteiger charge is -2.31. The van der Waals surface area contributed by atoms with E-state index in [0.29, 0.717) is 12.4 Å². The number of amidine groups is 1. The highest BCUT2D eigenvalue weighted by Crippen LogP contribution is 2.19. The zero-order chi connectivity index (χ0) is 13.1. The number of nitrogens with two attached hydrogens (primary N) is 1. The van der Waals surface area contributed by atoms with Crippen molar-refractivity contribution in [3.63, 3.8) is 0 Å². The van der Waals surface area contributed by atoms with E-state index in [1.54, 1.807) is 17.0 Å². The third-order valence-corrected chi connectivity index (χ3v) is 3.47. The van der Waals surface area contributed by atoms with Crippen LogP contribution in [0.4, 0.5) is 5.82 Å². The summed E-state index contributed by atoms with van der Waals surface area (Å²) in [6, 6.07) is 0. The third kappa shape index (κ3) is 2.37. The Bertz CT molecular complexity index is 487. The van der Waals surface area contributed by atoms with Crippen LogP contribution in [-0.2, 0) is 6.54 Å². The zero-order valence-corrected chi connectivity index (χ0v) is 10.6. The number of rotatable bonds is 3. The first-order chi connectivity index (χ1) is 8.63. The Morgan fingerprint density at radius 3 is 2.78 bits per heavy atom.